The van der Waals surface area contributed by atoms with E-state index >= 15 is 0 Å². The summed E-state index contributed by atoms with van der Waals surface area (Å²) in [5, 5.41) is 0. The fourth-order valence-corrected chi connectivity index (χ4v) is 5.74. The minimum absolute atomic E-state index is 0.0764. The van der Waals surface area contributed by atoms with Gasteiger partial charge in [0.2, 0.25) is 0 Å². The zero-order valence-electron chi connectivity index (χ0n) is 14.6. The molecular formula is C10H16FN5O11P3+. The standard InChI is InChI=1S/C10H15FN5O11P3/c11-10-14-8(12)7-9(15-10)16(4-13-7)6-2-1-5(25-6)3-24-29(20,21)27-30(22,23)26-28(17,18)19/h4-6,22-23H,1-3H2,(H4-,12,14,15,17,18,19,20,21)/p+1. The van der Waals surface area contributed by atoms with Crippen LogP contribution in [0.2, 0.25) is 0 Å². The molecule has 0 aromatic carbocycles. The lowest BCUT2D eigenvalue weighted by atomic mass is 10.2. The lowest BCUT2D eigenvalue weighted by Gasteiger charge is -2.17. The Morgan fingerprint density at radius 1 is 1.27 bits per heavy atom. The summed E-state index contributed by atoms with van der Waals surface area (Å²) < 4.78 is 54.8. The van der Waals surface area contributed by atoms with Gasteiger partial charge < -0.3 is 25.2 Å². The molecule has 3 unspecified atom stereocenters. The molecule has 1 aliphatic rings. The number of fused-ring (bicyclic) bond motifs is 1. The molecule has 7 N–H and O–H groups in total. The maximum Gasteiger partial charge on any atom is 0.591 e. The molecule has 168 valence electrons. The zero-order valence-corrected chi connectivity index (χ0v) is 17.3. The first-order valence-electron chi connectivity index (χ1n) is 7.86. The van der Waals surface area contributed by atoms with E-state index in [2.05, 4.69) is 28.1 Å². The molecule has 1 aliphatic heterocycles. The number of phosphoric ester groups is 1. The molecule has 3 heterocycles. The fraction of sp³-hybridized carbons (Fsp3) is 0.500. The van der Waals surface area contributed by atoms with Crippen molar-refractivity contribution in [3.05, 3.63) is 12.4 Å². The van der Waals surface area contributed by atoms with Crippen LogP contribution in [0.1, 0.15) is 19.1 Å². The molecule has 0 aliphatic carbocycles. The molecule has 16 nitrogen and oxygen atoms in total. The van der Waals surface area contributed by atoms with Crippen LogP contribution in [0.4, 0.5) is 10.2 Å². The van der Waals surface area contributed by atoms with Crippen molar-refractivity contribution in [1.29, 1.82) is 0 Å². The highest BCUT2D eigenvalue weighted by molar-refractivity contribution is 7.70. The average Bonchev–Trinajstić information content (AvgIpc) is 3.15. The maximum atomic E-state index is 13.4. The third-order valence-electron chi connectivity index (χ3n) is 3.66. The predicted octanol–water partition coefficient (Wildman–Crippen LogP) is 0.130. The number of ether oxygens (including phenoxy) is 1. The van der Waals surface area contributed by atoms with Gasteiger partial charge in [-0.1, -0.05) is 0 Å². The SMILES string of the molecule is Nc1nc(F)nc2c1ncn2C1CCC(COP(=O)(O)O[P+](O)(O)OP(=O)(O)O)O1. The van der Waals surface area contributed by atoms with E-state index in [0.29, 0.717) is 12.8 Å². The lowest BCUT2D eigenvalue weighted by Crippen LogP contribution is -2.16. The molecule has 0 amide bonds. The van der Waals surface area contributed by atoms with Crippen molar-refractivity contribution >= 4 is 40.8 Å². The van der Waals surface area contributed by atoms with Gasteiger partial charge in [-0.25, -0.2) is 14.1 Å². The van der Waals surface area contributed by atoms with Crippen molar-refractivity contribution in [2.75, 3.05) is 12.3 Å². The van der Waals surface area contributed by atoms with Crippen LogP contribution in [0, 0.1) is 6.08 Å². The Labute approximate surface area is 166 Å². The monoisotopic (exact) mass is 494 g/mol. The second-order valence-corrected chi connectivity index (χ2v) is 10.4. The number of phosphoric acid groups is 2. The highest BCUT2D eigenvalue weighted by Gasteiger charge is 2.55. The van der Waals surface area contributed by atoms with Crippen LogP contribution in [-0.4, -0.2) is 56.7 Å². The van der Waals surface area contributed by atoms with Crippen molar-refractivity contribution in [2.45, 2.75) is 25.2 Å². The summed E-state index contributed by atoms with van der Waals surface area (Å²) in [6.07, 6.45) is -0.593. The summed E-state index contributed by atoms with van der Waals surface area (Å²) >= 11 is 0. The van der Waals surface area contributed by atoms with Gasteiger partial charge in [0.1, 0.15) is 6.23 Å². The first kappa shape index (κ1) is 23.5. The van der Waals surface area contributed by atoms with E-state index in [1.54, 1.807) is 0 Å². The van der Waals surface area contributed by atoms with E-state index in [9.17, 15) is 28.2 Å². The number of nitrogens with two attached hydrogens (primary N) is 1. The summed E-state index contributed by atoms with van der Waals surface area (Å²) in [4.78, 5) is 55.9. The number of hydrogen-bond donors (Lipinski definition) is 6. The summed E-state index contributed by atoms with van der Waals surface area (Å²) in [7, 11) is -16.0. The molecule has 0 spiro atoms. The average molecular weight is 494 g/mol. The van der Waals surface area contributed by atoms with Gasteiger partial charge in [-0.15, -0.1) is 0 Å². The number of anilines is 1. The summed E-state index contributed by atoms with van der Waals surface area (Å²) in [6, 6.07) is 0. The van der Waals surface area contributed by atoms with Crippen molar-refractivity contribution in [2.24, 2.45) is 0 Å². The molecule has 1 saturated heterocycles. The Hall–Kier alpha value is -1.19. The van der Waals surface area contributed by atoms with E-state index in [1.807, 2.05) is 0 Å². The quantitative estimate of drug-likeness (QED) is 0.211. The van der Waals surface area contributed by atoms with Crippen molar-refractivity contribution in [3.63, 3.8) is 0 Å². The van der Waals surface area contributed by atoms with E-state index in [0.717, 1.165) is 0 Å². The van der Waals surface area contributed by atoms with Crippen molar-refractivity contribution in [3.8, 4) is 0 Å². The van der Waals surface area contributed by atoms with Gasteiger partial charge in [0.25, 0.3) is 0 Å². The second-order valence-electron chi connectivity index (χ2n) is 5.90. The minimum Gasteiger partial charge on any atom is -0.382 e. The van der Waals surface area contributed by atoms with Crippen LogP contribution < -0.4 is 5.73 Å². The van der Waals surface area contributed by atoms with Gasteiger partial charge in [0.15, 0.2) is 17.0 Å². The number of nitrogen functional groups attached to an aromatic ring is 1. The van der Waals surface area contributed by atoms with Crippen LogP contribution in [-0.2, 0) is 27.0 Å². The minimum atomic E-state index is -5.42. The topological polar surface area (TPSA) is 242 Å². The number of imidazole rings is 1. The Morgan fingerprint density at radius 2 is 1.97 bits per heavy atom. The number of aromatic nitrogens is 4. The molecule has 3 atom stereocenters. The van der Waals surface area contributed by atoms with Gasteiger partial charge in [-0.05, 0) is 21.5 Å². The Kier molecular flexibility index (Phi) is 6.56. The highest BCUT2D eigenvalue weighted by Crippen LogP contribution is 2.71. The largest absolute Gasteiger partial charge is 0.591 e. The molecular weight excluding hydrogens is 478 g/mol. The van der Waals surface area contributed by atoms with Gasteiger partial charge >= 0.3 is 29.9 Å². The molecule has 0 radical (unpaired) electrons. The lowest BCUT2D eigenvalue weighted by molar-refractivity contribution is -0.0208. The van der Waals surface area contributed by atoms with Crippen LogP contribution in [0.5, 0.6) is 0 Å². The zero-order chi connectivity index (χ0) is 22.3. The smallest absolute Gasteiger partial charge is 0.382 e. The summed E-state index contributed by atoms with van der Waals surface area (Å²) in [6.45, 7) is -0.571. The van der Waals surface area contributed by atoms with Gasteiger partial charge in [-0.3, -0.25) is 9.09 Å². The number of hydrogen-bond acceptors (Lipinski definition) is 12. The number of nitrogens with zero attached hydrogens (tertiary/aromatic N) is 4. The highest BCUT2D eigenvalue weighted by atomic mass is 31.3. The van der Waals surface area contributed by atoms with Gasteiger partial charge in [0.05, 0.1) is 19.0 Å². The third-order valence-corrected chi connectivity index (χ3v) is 7.52. The van der Waals surface area contributed by atoms with Crippen LogP contribution in [0.15, 0.2) is 6.33 Å². The third kappa shape index (κ3) is 5.95. The van der Waals surface area contributed by atoms with Crippen LogP contribution in [0.25, 0.3) is 11.2 Å². The molecule has 0 saturated carbocycles. The molecule has 2 aromatic heterocycles. The number of halogens is 1. The summed E-state index contributed by atoms with van der Waals surface area (Å²) in [5.74, 6) is -0.162. The summed E-state index contributed by atoms with van der Waals surface area (Å²) in [5.41, 5.74) is 5.82. The first-order valence-corrected chi connectivity index (χ1v) is 12.4. The van der Waals surface area contributed by atoms with E-state index in [-0.39, 0.29) is 17.0 Å². The van der Waals surface area contributed by atoms with Gasteiger partial charge in [-0.2, -0.15) is 24.1 Å². The first-order chi connectivity index (χ1) is 13.7. The second kappa shape index (κ2) is 8.39. The van der Waals surface area contributed by atoms with E-state index in [4.69, 9.17) is 20.3 Å². The molecule has 0 bridgehead atoms. The number of rotatable bonds is 8. The molecule has 30 heavy (non-hydrogen) atoms. The van der Waals surface area contributed by atoms with Crippen LogP contribution in [0.3, 0.4) is 0 Å². The van der Waals surface area contributed by atoms with E-state index < -0.39 is 48.8 Å². The van der Waals surface area contributed by atoms with Gasteiger partial charge in [0, 0.05) is 0 Å². The molecule has 20 heteroatoms. The Balaban J connectivity index is 1.60. The maximum absolute atomic E-state index is 13.4. The van der Waals surface area contributed by atoms with Crippen molar-refractivity contribution in [1.82, 2.24) is 19.5 Å². The molecule has 2 aromatic rings. The van der Waals surface area contributed by atoms with E-state index in [1.165, 1.54) is 10.9 Å². The van der Waals surface area contributed by atoms with Crippen molar-refractivity contribution < 1.29 is 55.9 Å². The Bertz CT molecular complexity index is 1030. The molecule has 3 rings (SSSR count). The predicted molar refractivity (Wildman–Crippen MR) is 94.2 cm³/mol. The fourth-order valence-electron chi connectivity index (χ4n) is 2.62. The van der Waals surface area contributed by atoms with Crippen LogP contribution >= 0.6 is 23.8 Å². The normalized spacial score (nSPS) is 22.5. The molecule has 1 fully saturated rings. The Morgan fingerprint density at radius 3 is 2.63 bits per heavy atom.